The van der Waals surface area contributed by atoms with E-state index in [2.05, 4.69) is 175 Å². The van der Waals surface area contributed by atoms with Crippen molar-refractivity contribution >= 4 is 27.7 Å². The molecule has 0 N–H and O–H groups in total. The Morgan fingerprint density at radius 3 is 2.17 bits per heavy atom. The average Bonchev–Trinajstić information content (AvgIpc) is 3.83. The Hall–Kier alpha value is -4.79. The van der Waals surface area contributed by atoms with Crippen LogP contribution in [-0.4, -0.2) is 21.5 Å². The topological polar surface area (TPSA) is 39.4 Å². The minimum absolute atomic E-state index is 0. The van der Waals surface area contributed by atoms with E-state index in [4.69, 9.17) is 14.7 Å². The van der Waals surface area contributed by atoms with Crippen molar-refractivity contribution in [1.82, 2.24) is 9.55 Å². The Morgan fingerprint density at radius 2 is 1.47 bits per heavy atom. The summed E-state index contributed by atoms with van der Waals surface area (Å²) in [6, 6.07) is 45.7. The molecule has 308 valence electrons. The van der Waals surface area contributed by atoms with Gasteiger partial charge in [-0.3, -0.25) is 4.99 Å². The van der Waals surface area contributed by atoms with Crippen molar-refractivity contribution in [1.29, 1.82) is 0 Å². The van der Waals surface area contributed by atoms with Crippen LogP contribution < -0.4 is 0 Å². The first-order valence-corrected chi connectivity index (χ1v) is 21.9. The van der Waals surface area contributed by atoms with Gasteiger partial charge in [-0.1, -0.05) is 157 Å². The van der Waals surface area contributed by atoms with Crippen LogP contribution in [-0.2, 0) is 31.2 Å². The molecule has 0 saturated heterocycles. The van der Waals surface area contributed by atoms with Crippen LogP contribution in [0.2, 0.25) is 0 Å². The molecule has 0 spiro atoms. The molecule has 3 heterocycles. The Bertz CT molecular complexity index is 2670. The van der Waals surface area contributed by atoms with Crippen molar-refractivity contribution in [2.45, 2.75) is 117 Å². The van der Waals surface area contributed by atoms with Gasteiger partial charge in [0.2, 0.25) is 0 Å². The van der Waals surface area contributed by atoms with E-state index in [1.54, 1.807) is 0 Å². The van der Waals surface area contributed by atoms with Gasteiger partial charge in [0.25, 0.3) is 0 Å². The number of hydrogen-bond acceptors (Lipinski definition) is 3. The van der Waals surface area contributed by atoms with Crippen LogP contribution in [0.4, 0.5) is 0 Å². The van der Waals surface area contributed by atoms with Crippen LogP contribution in [0.25, 0.3) is 49.9 Å². The molecule has 7 aromatic rings. The molecule has 0 radical (unpaired) electrons. The number of aromatic nitrogens is 2. The maximum absolute atomic E-state index is 7.12. The fourth-order valence-electron chi connectivity index (χ4n) is 9.61. The summed E-state index contributed by atoms with van der Waals surface area (Å²) in [6.45, 7) is 18.1. The van der Waals surface area contributed by atoms with Gasteiger partial charge in [0, 0.05) is 11.7 Å². The third-order valence-corrected chi connectivity index (χ3v) is 12.8. The van der Waals surface area contributed by atoms with Crippen LogP contribution in [0.5, 0.6) is 0 Å². The minimum atomic E-state index is -0.132. The van der Waals surface area contributed by atoms with E-state index in [1.165, 1.54) is 70.9 Å². The zero-order valence-electron chi connectivity index (χ0n) is 36.4. The van der Waals surface area contributed by atoms with E-state index in [0.717, 1.165) is 44.5 Å². The number of hydrogen-bond donors (Lipinski definition) is 0. The van der Waals surface area contributed by atoms with Crippen LogP contribution >= 0.6 is 0 Å². The van der Waals surface area contributed by atoms with Crippen molar-refractivity contribution in [3.8, 4) is 28.1 Å². The molecule has 5 heteroatoms. The molecular formula is C55H57N3OPt. The summed E-state index contributed by atoms with van der Waals surface area (Å²) in [5, 5.41) is 2.35. The Labute approximate surface area is 371 Å². The predicted molar refractivity (Wildman–Crippen MR) is 246 cm³/mol. The Balaban J connectivity index is 0.00000499. The second kappa shape index (κ2) is 16.9. The van der Waals surface area contributed by atoms with Crippen LogP contribution in [0.15, 0.2) is 114 Å². The molecule has 1 aliphatic heterocycles. The van der Waals surface area contributed by atoms with E-state index in [-0.39, 0.29) is 38.6 Å². The van der Waals surface area contributed by atoms with Crippen LogP contribution in [0.1, 0.15) is 132 Å². The first kappa shape index (κ1) is 41.9. The van der Waals surface area contributed by atoms with E-state index in [1.807, 2.05) is 6.20 Å². The number of nitrogens with zero attached hydrogens (tertiary/aromatic N) is 3. The summed E-state index contributed by atoms with van der Waals surface area (Å²) in [5.74, 6) is 1.85. The number of fused-ring (bicyclic) bond motifs is 3. The van der Waals surface area contributed by atoms with Gasteiger partial charge in [0.15, 0.2) is 0 Å². The average molecular weight is 971 g/mol. The summed E-state index contributed by atoms with van der Waals surface area (Å²) >= 11 is 0. The fraction of sp³-hybridized carbons (Fsp3) is 0.345. The zero-order valence-corrected chi connectivity index (χ0v) is 38.7. The molecule has 0 amide bonds. The number of ether oxygens (including phenoxy) is 1. The van der Waals surface area contributed by atoms with Crippen LogP contribution in [0, 0.1) is 25.0 Å². The molecule has 2 aliphatic rings. The van der Waals surface area contributed by atoms with Gasteiger partial charge in [0.05, 0.1) is 6.04 Å². The third kappa shape index (κ3) is 7.93. The molecule has 1 aliphatic carbocycles. The van der Waals surface area contributed by atoms with Crippen LogP contribution in [0.3, 0.4) is 0 Å². The van der Waals surface area contributed by atoms with Gasteiger partial charge < -0.3 is 14.3 Å². The summed E-state index contributed by atoms with van der Waals surface area (Å²) in [7, 11) is 0. The summed E-state index contributed by atoms with van der Waals surface area (Å²) in [5.41, 5.74) is 14.6. The Kier molecular flexibility index (Phi) is 11.8. The number of aliphatic imine (C=N–C) groups is 1. The van der Waals surface area contributed by atoms with E-state index >= 15 is 0 Å². The van der Waals surface area contributed by atoms with Crippen molar-refractivity contribution in [2.75, 3.05) is 0 Å². The molecule has 4 nitrogen and oxygen atoms in total. The summed E-state index contributed by atoms with van der Waals surface area (Å²) < 4.78 is 9.48. The van der Waals surface area contributed by atoms with Crippen molar-refractivity contribution in [3.63, 3.8) is 0 Å². The largest absolute Gasteiger partial charge is 2.00 e. The number of rotatable bonds is 8. The zero-order chi connectivity index (χ0) is 41.0. The molecule has 2 aromatic heterocycles. The predicted octanol–water partition coefficient (Wildman–Crippen LogP) is 14.4. The maximum Gasteiger partial charge on any atom is 2.00 e. The Morgan fingerprint density at radius 1 is 0.733 bits per heavy atom. The molecule has 2 atom stereocenters. The fourth-order valence-corrected chi connectivity index (χ4v) is 9.61. The molecule has 0 bridgehead atoms. The van der Waals surface area contributed by atoms with E-state index in [0.29, 0.717) is 23.7 Å². The minimum Gasteiger partial charge on any atom is -0.510 e. The molecular weight excluding hydrogens is 914 g/mol. The van der Waals surface area contributed by atoms with Gasteiger partial charge >= 0.3 is 21.1 Å². The number of pyridine rings is 1. The van der Waals surface area contributed by atoms with Gasteiger partial charge in [-0.25, -0.2) is 0 Å². The standard InChI is InChI=1S/C55H57N3O.Pt/c1-34(2)44-20-15-21-45(35(3)4)51(44)40-29-41(54-57-52(37-16-11-9-12-17-37)53(59-54)38-18-13-10-14-19-38)31-43(30-40)58-49-25-22-36(5)28-47(49)46-24-23-39(32-50(46)58)48-33-42(26-27-56-48)55(6,7)8;/h10,13-15,18-30,33-35,37,52-53H,9,11-12,16-17H2,1-8H3;/q-2;+2/t52-,53-;/m1./s1. The molecule has 60 heavy (non-hydrogen) atoms. The van der Waals surface area contributed by atoms with E-state index in [9.17, 15) is 0 Å². The summed E-state index contributed by atoms with van der Waals surface area (Å²) in [4.78, 5) is 10.4. The molecule has 1 saturated carbocycles. The van der Waals surface area contributed by atoms with Gasteiger partial charge in [-0.15, -0.1) is 42.0 Å². The van der Waals surface area contributed by atoms with E-state index < -0.39 is 0 Å². The van der Waals surface area contributed by atoms with Crippen molar-refractivity contribution in [2.24, 2.45) is 10.9 Å². The van der Waals surface area contributed by atoms with Crippen molar-refractivity contribution < 1.29 is 25.8 Å². The monoisotopic (exact) mass is 970 g/mol. The van der Waals surface area contributed by atoms with Crippen molar-refractivity contribution in [3.05, 3.63) is 155 Å². The first-order chi connectivity index (χ1) is 28.4. The molecule has 0 unspecified atom stereocenters. The third-order valence-electron chi connectivity index (χ3n) is 12.8. The molecule has 1 fully saturated rings. The smallest absolute Gasteiger partial charge is 0.510 e. The quantitative estimate of drug-likeness (QED) is 0.142. The second-order valence-electron chi connectivity index (χ2n) is 18.7. The number of benzene rings is 5. The summed E-state index contributed by atoms with van der Waals surface area (Å²) in [6.07, 6.45) is 7.99. The van der Waals surface area contributed by atoms with Gasteiger partial charge in [-0.2, -0.15) is 0 Å². The first-order valence-electron chi connectivity index (χ1n) is 21.9. The molecule has 9 rings (SSSR count). The second-order valence-corrected chi connectivity index (χ2v) is 18.7. The molecule has 5 aromatic carbocycles. The SMILES string of the molecule is Cc1ccc2c(c1)c1ccc(-c3cc(C(C)(C)C)ccn3)[c-]c1n2-c1[c-]c(C2=N[C@H](C3CCCCC3)[C@@H](c3ccccc3)O2)cc(-c2c(C(C)C)cccc2C(C)C)c1.[Pt+2]. The van der Waals surface area contributed by atoms with Gasteiger partial charge in [-0.05, 0) is 105 Å². The normalized spacial score (nSPS) is 17.3. The maximum atomic E-state index is 7.12. The number of aryl methyl sites for hydroxylation is 1. The van der Waals surface area contributed by atoms with Gasteiger partial charge in [0.1, 0.15) is 12.0 Å².